The van der Waals surface area contributed by atoms with Crippen molar-refractivity contribution >= 4 is 0 Å². The molecule has 0 radical (unpaired) electrons. The molecule has 0 aliphatic heterocycles. The molecule has 0 bridgehead atoms. The van der Waals surface area contributed by atoms with E-state index in [0.717, 1.165) is 12.0 Å². The second kappa shape index (κ2) is 6.53. The number of rotatable bonds is 5. The molecule has 2 aromatic carbocycles. The molecule has 3 heteroatoms. The van der Waals surface area contributed by atoms with Crippen LogP contribution in [0.1, 0.15) is 31.0 Å². The minimum absolute atomic E-state index is 0.113. The van der Waals surface area contributed by atoms with Crippen molar-refractivity contribution in [3.8, 4) is 11.5 Å². The quantitative estimate of drug-likeness (QED) is 0.868. The van der Waals surface area contributed by atoms with Gasteiger partial charge in [-0.25, -0.2) is 4.39 Å². The first-order valence-electron chi connectivity index (χ1n) is 6.87. The Bertz CT molecular complexity index is 583. The Balaban J connectivity index is 2.21. The van der Waals surface area contributed by atoms with Crippen LogP contribution in [0.15, 0.2) is 42.5 Å². The highest BCUT2D eigenvalue weighted by Gasteiger charge is 2.09. The number of halogens is 1. The fourth-order valence-electron chi connectivity index (χ4n) is 1.99. The SMILES string of the molecule is CCc1cccc(Oc2ccc(C(C)NC)cc2F)c1. The van der Waals surface area contributed by atoms with Crippen molar-refractivity contribution in [3.63, 3.8) is 0 Å². The van der Waals surface area contributed by atoms with Gasteiger partial charge in [-0.05, 0) is 55.8 Å². The summed E-state index contributed by atoms with van der Waals surface area (Å²) in [7, 11) is 1.85. The Kier molecular flexibility index (Phi) is 4.74. The molecule has 20 heavy (non-hydrogen) atoms. The fourth-order valence-corrected chi connectivity index (χ4v) is 1.99. The Hall–Kier alpha value is -1.87. The van der Waals surface area contributed by atoms with Crippen LogP contribution >= 0.6 is 0 Å². The van der Waals surface area contributed by atoms with Crippen LogP contribution in [0.25, 0.3) is 0 Å². The van der Waals surface area contributed by atoms with Crippen molar-refractivity contribution in [2.75, 3.05) is 7.05 Å². The molecule has 106 valence electrons. The first kappa shape index (κ1) is 14.5. The van der Waals surface area contributed by atoms with E-state index in [1.54, 1.807) is 6.07 Å². The van der Waals surface area contributed by atoms with Gasteiger partial charge in [-0.3, -0.25) is 0 Å². The van der Waals surface area contributed by atoms with Crippen molar-refractivity contribution < 1.29 is 9.13 Å². The molecular weight excluding hydrogens is 253 g/mol. The third-order valence-corrected chi connectivity index (χ3v) is 3.42. The highest BCUT2D eigenvalue weighted by atomic mass is 19.1. The molecule has 1 N–H and O–H groups in total. The Morgan fingerprint density at radius 3 is 2.65 bits per heavy atom. The van der Waals surface area contributed by atoms with Crippen LogP contribution in [0.4, 0.5) is 4.39 Å². The molecule has 0 spiro atoms. The molecule has 0 amide bonds. The van der Waals surface area contributed by atoms with Gasteiger partial charge in [0.2, 0.25) is 0 Å². The predicted octanol–water partition coefficient (Wildman–Crippen LogP) is 4.46. The average Bonchev–Trinajstić information content (AvgIpc) is 2.48. The average molecular weight is 273 g/mol. The number of ether oxygens (including phenoxy) is 1. The summed E-state index contributed by atoms with van der Waals surface area (Å²) in [4.78, 5) is 0. The maximum absolute atomic E-state index is 14.1. The molecule has 0 fully saturated rings. The summed E-state index contributed by atoms with van der Waals surface area (Å²) in [5.74, 6) is 0.578. The molecular formula is C17H20FNO. The van der Waals surface area contributed by atoms with Crippen molar-refractivity contribution in [3.05, 3.63) is 59.4 Å². The second-order valence-corrected chi connectivity index (χ2v) is 4.80. The van der Waals surface area contributed by atoms with E-state index in [1.165, 1.54) is 11.6 Å². The van der Waals surface area contributed by atoms with E-state index in [4.69, 9.17) is 4.74 Å². The third-order valence-electron chi connectivity index (χ3n) is 3.42. The maximum atomic E-state index is 14.1. The zero-order valence-corrected chi connectivity index (χ0v) is 12.1. The molecule has 1 atom stereocenters. The lowest BCUT2D eigenvalue weighted by atomic mass is 10.1. The van der Waals surface area contributed by atoms with E-state index in [2.05, 4.69) is 12.2 Å². The van der Waals surface area contributed by atoms with Gasteiger partial charge in [-0.15, -0.1) is 0 Å². The van der Waals surface area contributed by atoms with Gasteiger partial charge in [0, 0.05) is 6.04 Å². The normalized spacial score (nSPS) is 12.2. The largest absolute Gasteiger partial charge is 0.454 e. The van der Waals surface area contributed by atoms with E-state index in [1.807, 2.05) is 44.3 Å². The summed E-state index contributed by atoms with van der Waals surface area (Å²) in [6.07, 6.45) is 0.929. The summed E-state index contributed by atoms with van der Waals surface area (Å²) >= 11 is 0. The third kappa shape index (κ3) is 3.36. The molecule has 2 rings (SSSR count). The second-order valence-electron chi connectivity index (χ2n) is 4.80. The summed E-state index contributed by atoms with van der Waals surface area (Å²) < 4.78 is 19.7. The van der Waals surface area contributed by atoms with Gasteiger partial charge < -0.3 is 10.1 Å². The monoisotopic (exact) mass is 273 g/mol. The van der Waals surface area contributed by atoms with Gasteiger partial charge in [-0.2, -0.15) is 0 Å². The molecule has 0 aliphatic carbocycles. The van der Waals surface area contributed by atoms with Crippen molar-refractivity contribution in [1.29, 1.82) is 0 Å². The van der Waals surface area contributed by atoms with Crippen molar-refractivity contribution in [1.82, 2.24) is 5.32 Å². The first-order chi connectivity index (χ1) is 9.63. The number of benzene rings is 2. The van der Waals surface area contributed by atoms with Crippen LogP contribution in [-0.2, 0) is 6.42 Å². The van der Waals surface area contributed by atoms with E-state index >= 15 is 0 Å². The number of nitrogens with one attached hydrogen (secondary N) is 1. The lowest BCUT2D eigenvalue weighted by Gasteiger charge is -2.13. The maximum Gasteiger partial charge on any atom is 0.166 e. The minimum atomic E-state index is -0.341. The highest BCUT2D eigenvalue weighted by molar-refractivity contribution is 5.36. The van der Waals surface area contributed by atoms with Crippen molar-refractivity contribution in [2.24, 2.45) is 0 Å². The van der Waals surface area contributed by atoms with Crippen LogP contribution in [0.5, 0.6) is 11.5 Å². The summed E-state index contributed by atoms with van der Waals surface area (Å²) in [6, 6.07) is 12.9. The van der Waals surface area contributed by atoms with Crippen LogP contribution in [0.3, 0.4) is 0 Å². The Labute approximate surface area is 119 Å². The number of aryl methyl sites for hydroxylation is 1. The Morgan fingerprint density at radius 1 is 1.20 bits per heavy atom. The number of hydrogen-bond acceptors (Lipinski definition) is 2. The van der Waals surface area contributed by atoms with Crippen molar-refractivity contribution in [2.45, 2.75) is 26.3 Å². The topological polar surface area (TPSA) is 21.3 Å². The molecule has 2 aromatic rings. The summed E-state index contributed by atoms with van der Waals surface area (Å²) in [5, 5.41) is 3.09. The van der Waals surface area contributed by atoms with Gasteiger partial charge >= 0.3 is 0 Å². The molecule has 0 aliphatic rings. The van der Waals surface area contributed by atoms with E-state index in [9.17, 15) is 4.39 Å². The highest BCUT2D eigenvalue weighted by Crippen LogP contribution is 2.27. The smallest absolute Gasteiger partial charge is 0.166 e. The molecule has 2 nitrogen and oxygen atoms in total. The molecule has 0 saturated carbocycles. The van der Waals surface area contributed by atoms with E-state index in [0.29, 0.717) is 5.75 Å². The summed E-state index contributed by atoms with van der Waals surface area (Å²) in [6.45, 7) is 4.06. The molecule has 0 saturated heterocycles. The molecule has 0 aromatic heterocycles. The van der Waals surface area contributed by atoms with Gasteiger partial charge in [-0.1, -0.05) is 25.1 Å². The predicted molar refractivity (Wildman–Crippen MR) is 79.8 cm³/mol. The van der Waals surface area contributed by atoms with Gasteiger partial charge in [0.1, 0.15) is 5.75 Å². The lowest BCUT2D eigenvalue weighted by molar-refractivity contribution is 0.440. The number of hydrogen-bond donors (Lipinski definition) is 1. The van der Waals surface area contributed by atoms with Gasteiger partial charge in [0.25, 0.3) is 0 Å². The standard InChI is InChI=1S/C17H20FNO/c1-4-13-6-5-7-15(10-13)20-17-9-8-14(11-16(17)18)12(2)19-3/h5-12,19H,4H2,1-3H3. The minimum Gasteiger partial charge on any atom is -0.454 e. The van der Waals surface area contributed by atoms with Crippen LogP contribution in [0, 0.1) is 5.82 Å². The van der Waals surface area contributed by atoms with Gasteiger partial charge in [0.05, 0.1) is 0 Å². The van der Waals surface area contributed by atoms with Crippen LogP contribution in [-0.4, -0.2) is 7.05 Å². The fraction of sp³-hybridized carbons (Fsp3) is 0.294. The zero-order valence-electron chi connectivity index (χ0n) is 12.1. The lowest BCUT2D eigenvalue weighted by Crippen LogP contribution is -2.12. The summed E-state index contributed by atoms with van der Waals surface area (Å²) in [5.41, 5.74) is 2.07. The van der Waals surface area contributed by atoms with E-state index < -0.39 is 0 Å². The van der Waals surface area contributed by atoms with Crippen LogP contribution < -0.4 is 10.1 Å². The Morgan fingerprint density at radius 2 is 2.00 bits per heavy atom. The first-order valence-corrected chi connectivity index (χ1v) is 6.87. The van der Waals surface area contributed by atoms with Crippen LogP contribution in [0.2, 0.25) is 0 Å². The zero-order chi connectivity index (χ0) is 14.5. The van der Waals surface area contributed by atoms with Gasteiger partial charge in [0.15, 0.2) is 11.6 Å². The molecule has 1 unspecified atom stereocenters. The molecule has 0 heterocycles. The van der Waals surface area contributed by atoms with E-state index in [-0.39, 0.29) is 17.6 Å².